The van der Waals surface area contributed by atoms with Gasteiger partial charge in [0.05, 0.1) is 6.10 Å². The third-order valence-corrected chi connectivity index (χ3v) is 8.49. The molecule has 2 nitrogen and oxygen atoms in total. The number of rotatable bonds is 1. The SMILES string of the molecule is C[C@@]12C=C(c3cccnc3)C[C@H]1[C@@H]1CC=C3C[C@@H](O)CC[C@]3(C)[C@H]1CC2. The van der Waals surface area contributed by atoms with E-state index < -0.39 is 0 Å². The molecule has 0 bridgehead atoms. The molecule has 26 heavy (non-hydrogen) atoms. The van der Waals surface area contributed by atoms with Crippen molar-refractivity contribution in [3.8, 4) is 0 Å². The molecule has 6 atom stereocenters. The first kappa shape index (κ1) is 16.7. The summed E-state index contributed by atoms with van der Waals surface area (Å²) in [5.41, 5.74) is 5.09. The summed E-state index contributed by atoms with van der Waals surface area (Å²) in [6, 6.07) is 4.28. The van der Waals surface area contributed by atoms with Crippen LogP contribution in [0.4, 0.5) is 0 Å². The van der Waals surface area contributed by atoms with Crippen LogP contribution in [0.3, 0.4) is 0 Å². The topological polar surface area (TPSA) is 33.1 Å². The molecule has 0 saturated heterocycles. The van der Waals surface area contributed by atoms with Crippen molar-refractivity contribution in [2.75, 3.05) is 0 Å². The van der Waals surface area contributed by atoms with Gasteiger partial charge in [-0.3, -0.25) is 4.98 Å². The Bertz CT molecular complexity index is 766. The van der Waals surface area contributed by atoms with Crippen LogP contribution in [0, 0.1) is 28.6 Å². The Labute approximate surface area is 157 Å². The van der Waals surface area contributed by atoms with Crippen LogP contribution in [0.15, 0.2) is 42.3 Å². The number of aromatic nitrogens is 1. The summed E-state index contributed by atoms with van der Waals surface area (Å²) in [4.78, 5) is 4.35. The molecule has 1 N–H and O–H groups in total. The average Bonchev–Trinajstić information content (AvgIpc) is 3.01. The summed E-state index contributed by atoms with van der Waals surface area (Å²) in [6.45, 7) is 5.01. The molecular weight excluding hydrogens is 318 g/mol. The zero-order chi connectivity index (χ0) is 17.9. The van der Waals surface area contributed by atoms with E-state index in [4.69, 9.17) is 0 Å². The molecule has 0 radical (unpaired) electrons. The van der Waals surface area contributed by atoms with Gasteiger partial charge in [-0.25, -0.2) is 0 Å². The van der Waals surface area contributed by atoms with E-state index in [9.17, 15) is 5.11 Å². The van der Waals surface area contributed by atoms with E-state index >= 15 is 0 Å². The lowest BCUT2D eigenvalue weighted by molar-refractivity contribution is -0.0261. The number of nitrogens with zero attached hydrogens (tertiary/aromatic N) is 1. The quantitative estimate of drug-likeness (QED) is 0.689. The molecule has 138 valence electrons. The Hall–Kier alpha value is -1.41. The minimum absolute atomic E-state index is 0.106. The summed E-state index contributed by atoms with van der Waals surface area (Å²) in [5, 5.41) is 10.2. The van der Waals surface area contributed by atoms with Crippen LogP contribution in [0.25, 0.3) is 5.57 Å². The van der Waals surface area contributed by atoms with E-state index in [1.165, 1.54) is 43.2 Å². The number of pyridine rings is 1. The maximum absolute atomic E-state index is 10.2. The smallest absolute Gasteiger partial charge is 0.0577 e. The van der Waals surface area contributed by atoms with Gasteiger partial charge in [-0.15, -0.1) is 0 Å². The van der Waals surface area contributed by atoms with Crippen molar-refractivity contribution in [2.24, 2.45) is 28.6 Å². The Morgan fingerprint density at radius 2 is 2.00 bits per heavy atom. The number of fused-ring (bicyclic) bond motifs is 5. The van der Waals surface area contributed by atoms with Gasteiger partial charge in [-0.2, -0.15) is 0 Å². The molecule has 2 saturated carbocycles. The van der Waals surface area contributed by atoms with Crippen LogP contribution in [0.1, 0.15) is 64.4 Å². The predicted molar refractivity (Wildman–Crippen MR) is 105 cm³/mol. The Kier molecular flexibility index (Phi) is 3.73. The molecule has 1 aromatic heterocycles. The van der Waals surface area contributed by atoms with Crippen LogP contribution in [-0.2, 0) is 0 Å². The second-order valence-corrected chi connectivity index (χ2v) is 9.82. The summed E-state index contributed by atoms with van der Waals surface area (Å²) in [6.07, 6.45) is 17.1. The molecule has 1 aromatic rings. The van der Waals surface area contributed by atoms with Crippen LogP contribution in [0.5, 0.6) is 0 Å². The minimum atomic E-state index is -0.106. The highest BCUT2D eigenvalue weighted by Crippen LogP contribution is 2.64. The van der Waals surface area contributed by atoms with Gasteiger partial charge in [0, 0.05) is 12.4 Å². The summed E-state index contributed by atoms with van der Waals surface area (Å²) < 4.78 is 0. The van der Waals surface area contributed by atoms with Crippen molar-refractivity contribution in [2.45, 2.75) is 64.9 Å². The molecule has 5 rings (SSSR count). The average molecular weight is 350 g/mol. The van der Waals surface area contributed by atoms with Gasteiger partial charge in [0.2, 0.25) is 0 Å². The second kappa shape index (κ2) is 5.79. The molecule has 0 aromatic carbocycles. The third-order valence-electron chi connectivity index (χ3n) is 8.49. The molecule has 4 aliphatic carbocycles. The van der Waals surface area contributed by atoms with Crippen LogP contribution >= 0.6 is 0 Å². The van der Waals surface area contributed by atoms with Gasteiger partial charge in [-0.05, 0) is 90.7 Å². The molecule has 0 aliphatic heterocycles. The lowest BCUT2D eigenvalue weighted by atomic mass is 9.48. The normalized spacial score (nSPS) is 44.4. The molecule has 0 unspecified atom stereocenters. The molecule has 4 aliphatic rings. The second-order valence-electron chi connectivity index (χ2n) is 9.82. The van der Waals surface area contributed by atoms with E-state index in [2.05, 4.69) is 43.1 Å². The summed E-state index contributed by atoms with van der Waals surface area (Å²) >= 11 is 0. The van der Waals surface area contributed by atoms with E-state index in [1.54, 1.807) is 5.57 Å². The zero-order valence-corrected chi connectivity index (χ0v) is 16.1. The van der Waals surface area contributed by atoms with Gasteiger partial charge in [0.1, 0.15) is 0 Å². The highest BCUT2D eigenvalue weighted by atomic mass is 16.3. The minimum Gasteiger partial charge on any atom is -0.393 e. The van der Waals surface area contributed by atoms with Gasteiger partial charge < -0.3 is 5.11 Å². The fourth-order valence-electron chi connectivity index (χ4n) is 7.00. The first-order valence-electron chi connectivity index (χ1n) is 10.5. The van der Waals surface area contributed by atoms with E-state index in [0.717, 1.165) is 30.6 Å². The molecule has 2 fully saturated rings. The zero-order valence-electron chi connectivity index (χ0n) is 16.1. The predicted octanol–water partition coefficient (Wildman–Crippen LogP) is 5.40. The third kappa shape index (κ3) is 2.37. The molecule has 2 heteroatoms. The highest BCUT2D eigenvalue weighted by molar-refractivity contribution is 5.68. The first-order valence-corrected chi connectivity index (χ1v) is 10.5. The van der Waals surface area contributed by atoms with Crippen molar-refractivity contribution < 1.29 is 5.11 Å². The van der Waals surface area contributed by atoms with Crippen molar-refractivity contribution >= 4 is 5.57 Å². The number of aliphatic hydroxyl groups excluding tert-OH is 1. The van der Waals surface area contributed by atoms with Crippen molar-refractivity contribution in [3.63, 3.8) is 0 Å². The van der Waals surface area contributed by atoms with Gasteiger partial charge >= 0.3 is 0 Å². The Morgan fingerprint density at radius 1 is 1.12 bits per heavy atom. The number of hydrogen-bond donors (Lipinski definition) is 1. The number of allylic oxidation sites excluding steroid dienone is 3. The van der Waals surface area contributed by atoms with Gasteiger partial charge in [-0.1, -0.05) is 37.6 Å². The van der Waals surface area contributed by atoms with E-state index in [1.807, 2.05) is 12.4 Å². The monoisotopic (exact) mass is 349 g/mol. The van der Waals surface area contributed by atoms with Gasteiger partial charge in [0.25, 0.3) is 0 Å². The largest absolute Gasteiger partial charge is 0.393 e. The van der Waals surface area contributed by atoms with E-state index in [0.29, 0.717) is 10.8 Å². The maximum atomic E-state index is 10.2. The highest BCUT2D eigenvalue weighted by Gasteiger charge is 2.55. The summed E-state index contributed by atoms with van der Waals surface area (Å²) in [5.74, 6) is 2.36. The first-order chi connectivity index (χ1) is 12.5. The van der Waals surface area contributed by atoms with Crippen LogP contribution in [-0.4, -0.2) is 16.2 Å². The molecule has 1 heterocycles. The fourth-order valence-corrected chi connectivity index (χ4v) is 7.00. The standard InChI is InChI=1S/C24H31NO/c1-23-9-8-21-20(6-5-18-13-19(26)7-10-24(18,21)2)22(23)12-17(14-23)16-4-3-11-25-15-16/h3-5,11,14-15,19-22,26H,6-10,12-13H2,1-2H3/t19-,20+,21-,22-,23+,24-/m0/s1. The Morgan fingerprint density at radius 3 is 2.81 bits per heavy atom. The number of aliphatic hydroxyl groups is 1. The fraction of sp³-hybridized carbons (Fsp3) is 0.625. The molecule has 0 spiro atoms. The van der Waals surface area contributed by atoms with Crippen LogP contribution < -0.4 is 0 Å². The molecule has 0 amide bonds. The van der Waals surface area contributed by atoms with Crippen LogP contribution in [0.2, 0.25) is 0 Å². The lowest BCUT2D eigenvalue weighted by Crippen LogP contribution is -2.49. The van der Waals surface area contributed by atoms with Crippen molar-refractivity contribution in [1.29, 1.82) is 0 Å². The van der Waals surface area contributed by atoms with E-state index in [-0.39, 0.29) is 6.10 Å². The summed E-state index contributed by atoms with van der Waals surface area (Å²) in [7, 11) is 0. The van der Waals surface area contributed by atoms with Crippen molar-refractivity contribution in [3.05, 3.63) is 47.8 Å². The Balaban J connectivity index is 1.47. The maximum Gasteiger partial charge on any atom is 0.0577 e. The molecular formula is C24H31NO. The lowest BCUT2D eigenvalue weighted by Gasteiger charge is -2.57. The number of hydrogen-bond acceptors (Lipinski definition) is 2. The van der Waals surface area contributed by atoms with Crippen molar-refractivity contribution in [1.82, 2.24) is 4.98 Å². The van der Waals surface area contributed by atoms with Gasteiger partial charge in [0.15, 0.2) is 0 Å².